The summed E-state index contributed by atoms with van der Waals surface area (Å²) in [5.74, 6) is -2.09. The first-order valence-corrected chi connectivity index (χ1v) is 14.1. The summed E-state index contributed by atoms with van der Waals surface area (Å²) in [5.41, 5.74) is -0.191. The van der Waals surface area contributed by atoms with Gasteiger partial charge >= 0.3 is 0 Å². The van der Waals surface area contributed by atoms with Crippen molar-refractivity contribution in [3.63, 3.8) is 0 Å². The van der Waals surface area contributed by atoms with Gasteiger partial charge in [-0.15, -0.1) is 0 Å². The highest BCUT2D eigenvalue weighted by Crippen LogP contribution is 2.64. The van der Waals surface area contributed by atoms with E-state index in [2.05, 4.69) is 29.4 Å². The van der Waals surface area contributed by atoms with Gasteiger partial charge in [-0.1, -0.05) is 20.8 Å². The lowest BCUT2D eigenvalue weighted by Crippen LogP contribution is -2.56. The number of hydrogen-bond donors (Lipinski definition) is 3. The Balaban J connectivity index is 1.73. The number of ether oxygens (including phenoxy) is 1. The largest absolute Gasteiger partial charge is 0.394 e. The van der Waals surface area contributed by atoms with E-state index in [-0.39, 0.29) is 30.2 Å². The summed E-state index contributed by atoms with van der Waals surface area (Å²) >= 11 is 0. The van der Waals surface area contributed by atoms with E-state index in [0.29, 0.717) is 31.4 Å². The molecule has 0 aliphatic carbocycles. The molecule has 0 radical (unpaired) electrons. The van der Waals surface area contributed by atoms with Crippen LogP contribution in [0.5, 0.6) is 0 Å². The van der Waals surface area contributed by atoms with Gasteiger partial charge < -0.3 is 30.3 Å². The fourth-order valence-electron chi connectivity index (χ4n) is 7.28. The monoisotopic (exact) mass is 528 g/mol. The highest BCUT2D eigenvalue weighted by molar-refractivity contribution is 6.04. The molecule has 1 aromatic carbocycles. The number of hydrogen-bond acceptors (Lipinski definition) is 6. The van der Waals surface area contributed by atoms with Crippen LogP contribution in [-0.4, -0.2) is 77.8 Å². The Morgan fingerprint density at radius 3 is 2.32 bits per heavy atom. The van der Waals surface area contributed by atoms with Gasteiger partial charge in [0.1, 0.15) is 11.6 Å². The van der Waals surface area contributed by atoms with E-state index in [9.17, 15) is 19.5 Å². The Bertz CT molecular complexity index is 1040. The van der Waals surface area contributed by atoms with Gasteiger partial charge in [0.15, 0.2) is 0 Å². The lowest BCUT2D eigenvalue weighted by molar-refractivity contribution is -0.149. The number of anilines is 2. The number of carbonyl (C=O) groups is 3. The molecule has 38 heavy (non-hydrogen) atoms. The van der Waals surface area contributed by atoms with Gasteiger partial charge in [0.05, 0.1) is 30.1 Å². The maximum Gasteiger partial charge on any atom is 0.250 e. The van der Waals surface area contributed by atoms with Crippen molar-refractivity contribution in [2.45, 2.75) is 83.6 Å². The van der Waals surface area contributed by atoms with Crippen molar-refractivity contribution < 1.29 is 24.2 Å². The van der Waals surface area contributed by atoms with E-state index in [1.54, 1.807) is 11.9 Å². The molecule has 6 atom stereocenters. The van der Waals surface area contributed by atoms with Crippen molar-refractivity contribution in [2.75, 3.05) is 37.0 Å². The van der Waals surface area contributed by atoms with Crippen molar-refractivity contribution in [1.29, 1.82) is 0 Å². The first kappa shape index (κ1) is 28.4. The van der Waals surface area contributed by atoms with Crippen LogP contribution in [-0.2, 0) is 19.1 Å². The zero-order chi connectivity index (χ0) is 27.8. The molecule has 4 rings (SSSR count). The average Bonchev–Trinajstić information content (AvgIpc) is 3.52. The maximum atomic E-state index is 14.2. The van der Waals surface area contributed by atoms with Crippen LogP contribution in [0, 0.1) is 17.8 Å². The number of benzene rings is 1. The molecule has 0 saturated carbocycles. The number of nitrogens with one attached hydrogen (secondary N) is 2. The molecule has 2 bridgehead atoms. The van der Waals surface area contributed by atoms with Crippen LogP contribution in [0.25, 0.3) is 0 Å². The SMILES string of the molecule is CCN(CC)c1ccc(NC(=O)C2N([C@@H](CO)CC(C)C)C(=O)[C@@H]3[C@H](C(=O)NC)[C@]4(CC)CCC23O4)cc1. The normalized spacial score (nSPS) is 30.5. The van der Waals surface area contributed by atoms with Crippen molar-refractivity contribution in [3.8, 4) is 0 Å². The van der Waals surface area contributed by atoms with Crippen LogP contribution >= 0.6 is 0 Å². The number of fused-ring (bicyclic) bond motifs is 1. The van der Waals surface area contributed by atoms with Crippen molar-refractivity contribution >= 4 is 29.1 Å². The fraction of sp³-hybridized carbons (Fsp3) is 0.690. The topological polar surface area (TPSA) is 111 Å². The van der Waals surface area contributed by atoms with Gasteiger partial charge in [-0.05, 0) is 69.7 Å². The van der Waals surface area contributed by atoms with Crippen LogP contribution in [0.3, 0.4) is 0 Å². The molecule has 3 aliphatic rings. The summed E-state index contributed by atoms with van der Waals surface area (Å²) in [4.78, 5) is 45.2. The Hall–Kier alpha value is -2.65. The van der Waals surface area contributed by atoms with Crippen LogP contribution in [0.2, 0.25) is 0 Å². The highest BCUT2D eigenvalue weighted by Gasteiger charge is 2.79. The first-order chi connectivity index (χ1) is 18.1. The third-order valence-corrected chi connectivity index (χ3v) is 9.01. The number of nitrogens with zero attached hydrogens (tertiary/aromatic N) is 2. The minimum Gasteiger partial charge on any atom is -0.394 e. The molecule has 3 N–H and O–H groups in total. The lowest BCUT2D eigenvalue weighted by atomic mass is 9.65. The summed E-state index contributed by atoms with van der Waals surface area (Å²) in [6, 6.07) is 6.19. The lowest BCUT2D eigenvalue weighted by Gasteiger charge is -2.37. The second kappa shape index (κ2) is 10.8. The molecule has 0 aromatic heterocycles. The van der Waals surface area contributed by atoms with Crippen LogP contribution < -0.4 is 15.5 Å². The summed E-state index contributed by atoms with van der Waals surface area (Å²) in [6.45, 7) is 11.7. The summed E-state index contributed by atoms with van der Waals surface area (Å²) in [6.07, 6.45) is 2.24. The zero-order valence-electron chi connectivity index (χ0n) is 23.6. The van der Waals surface area contributed by atoms with Crippen LogP contribution in [0.4, 0.5) is 11.4 Å². The first-order valence-electron chi connectivity index (χ1n) is 14.1. The number of aliphatic hydroxyl groups is 1. The quantitative estimate of drug-likeness (QED) is 0.407. The number of carbonyl (C=O) groups excluding carboxylic acids is 3. The van der Waals surface area contributed by atoms with E-state index in [0.717, 1.165) is 18.8 Å². The average molecular weight is 529 g/mol. The number of amides is 3. The Kier molecular flexibility index (Phi) is 8.09. The Labute approximate surface area is 226 Å². The van der Waals surface area contributed by atoms with Gasteiger partial charge in [0.2, 0.25) is 17.7 Å². The highest BCUT2D eigenvalue weighted by atomic mass is 16.5. The minimum absolute atomic E-state index is 0.197. The van der Waals surface area contributed by atoms with Gasteiger partial charge in [-0.25, -0.2) is 0 Å². The Morgan fingerprint density at radius 1 is 1.13 bits per heavy atom. The number of aliphatic hydroxyl groups excluding tert-OH is 1. The molecular weight excluding hydrogens is 484 g/mol. The predicted octanol–water partition coefficient (Wildman–Crippen LogP) is 2.78. The van der Waals surface area contributed by atoms with Gasteiger partial charge in [0, 0.05) is 31.5 Å². The molecule has 9 heteroatoms. The molecule has 2 unspecified atom stereocenters. The summed E-state index contributed by atoms with van der Waals surface area (Å²) in [7, 11) is 1.57. The third-order valence-electron chi connectivity index (χ3n) is 9.01. The molecule has 3 fully saturated rings. The maximum absolute atomic E-state index is 14.2. The molecule has 3 saturated heterocycles. The second-order valence-electron chi connectivity index (χ2n) is 11.4. The van der Waals surface area contributed by atoms with E-state index >= 15 is 0 Å². The third kappa shape index (κ3) is 4.37. The standard InChI is InChI=1S/C29H44N4O5/c1-7-28-14-15-29(38-28)23(22(28)25(35)30-6)27(37)33(21(17-34)16-18(4)5)24(29)26(36)31-19-10-12-20(13-11-19)32(8-2)9-3/h10-13,18,21-24,34H,7-9,14-17H2,1-6H3,(H,30,35)(H,31,36)/t21-,22-,23+,24?,28+,29?/m1/s1. The second-order valence-corrected chi connectivity index (χ2v) is 11.4. The van der Waals surface area contributed by atoms with Crippen molar-refractivity contribution in [2.24, 2.45) is 17.8 Å². The van der Waals surface area contributed by atoms with Gasteiger partial charge in [-0.2, -0.15) is 0 Å². The van der Waals surface area contributed by atoms with Gasteiger partial charge in [0.25, 0.3) is 0 Å². The Morgan fingerprint density at radius 2 is 1.79 bits per heavy atom. The molecule has 210 valence electrons. The number of likely N-dealkylation sites (tertiary alicyclic amines) is 1. The van der Waals surface area contributed by atoms with E-state index in [4.69, 9.17) is 4.74 Å². The van der Waals surface area contributed by atoms with Crippen LogP contribution in [0.15, 0.2) is 24.3 Å². The summed E-state index contributed by atoms with van der Waals surface area (Å²) in [5, 5.41) is 16.1. The molecule has 3 amide bonds. The predicted molar refractivity (Wildman–Crippen MR) is 147 cm³/mol. The minimum atomic E-state index is -1.11. The smallest absolute Gasteiger partial charge is 0.250 e. The van der Waals surface area contributed by atoms with E-state index in [1.165, 1.54) is 0 Å². The fourth-order valence-corrected chi connectivity index (χ4v) is 7.28. The molecular formula is C29H44N4O5. The molecule has 3 heterocycles. The molecule has 3 aliphatic heterocycles. The van der Waals surface area contributed by atoms with E-state index in [1.807, 2.05) is 45.0 Å². The van der Waals surface area contributed by atoms with Crippen molar-refractivity contribution in [1.82, 2.24) is 10.2 Å². The van der Waals surface area contributed by atoms with Gasteiger partial charge in [-0.3, -0.25) is 14.4 Å². The molecule has 1 aromatic rings. The summed E-state index contributed by atoms with van der Waals surface area (Å²) < 4.78 is 6.74. The molecule has 1 spiro atoms. The van der Waals surface area contributed by atoms with Crippen molar-refractivity contribution in [3.05, 3.63) is 24.3 Å². The number of rotatable bonds is 11. The molecule has 9 nitrogen and oxygen atoms in total. The zero-order valence-corrected chi connectivity index (χ0v) is 23.6. The van der Waals surface area contributed by atoms with Crippen LogP contribution in [0.1, 0.15) is 60.3 Å². The van der Waals surface area contributed by atoms with E-state index < -0.39 is 35.1 Å².